The number of benzene rings is 2. The zero-order valence-corrected chi connectivity index (χ0v) is 20.8. The zero-order valence-electron chi connectivity index (χ0n) is 20.0. The Hall–Kier alpha value is -3.92. The first-order valence-corrected chi connectivity index (χ1v) is 11.8. The topological polar surface area (TPSA) is 115 Å². The molecule has 1 aromatic heterocycles. The summed E-state index contributed by atoms with van der Waals surface area (Å²) in [6.07, 6.45) is 1.49. The molecule has 2 N–H and O–H groups in total. The van der Waals surface area contributed by atoms with E-state index in [1.54, 1.807) is 18.2 Å². The number of anilines is 1. The molecule has 0 saturated carbocycles. The predicted octanol–water partition coefficient (Wildman–Crippen LogP) is 3.67. The van der Waals surface area contributed by atoms with E-state index in [0.717, 1.165) is 17.0 Å². The van der Waals surface area contributed by atoms with Gasteiger partial charge in [-0.2, -0.15) is 5.10 Å². The van der Waals surface area contributed by atoms with E-state index in [4.69, 9.17) is 9.47 Å². The monoisotopic (exact) mass is 493 g/mol. The van der Waals surface area contributed by atoms with Gasteiger partial charge in [0.1, 0.15) is 0 Å². The van der Waals surface area contributed by atoms with E-state index in [1.807, 2.05) is 51.1 Å². The molecule has 0 spiro atoms. The van der Waals surface area contributed by atoms with Crippen LogP contribution in [0.2, 0.25) is 0 Å². The predicted molar refractivity (Wildman–Crippen MR) is 136 cm³/mol. The maximum atomic E-state index is 12.2. The van der Waals surface area contributed by atoms with Gasteiger partial charge in [0.05, 0.1) is 19.1 Å². The lowest BCUT2D eigenvalue weighted by atomic mass is 10.2. The Bertz CT molecular complexity index is 1190. The SMILES string of the molecule is COc1cc(/C=N\NC(=O)CSc2nc(C)cc(C)n2)ccc1OCC(=O)Nc1ccc(C)cc1. The summed E-state index contributed by atoms with van der Waals surface area (Å²) in [5.74, 6) is 0.429. The molecule has 0 fully saturated rings. The minimum Gasteiger partial charge on any atom is -0.493 e. The average molecular weight is 494 g/mol. The smallest absolute Gasteiger partial charge is 0.262 e. The van der Waals surface area contributed by atoms with Gasteiger partial charge in [-0.25, -0.2) is 15.4 Å². The fourth-order valence-corrected chi connectivity index (χ4v) is 3.70. The number of carbonyl (C=O) groups is 2. The molecule has 35 heavy (non-hydrogen) atoms. The molecule has 0 saturated heterocycles. The first-order chi connectivity index (χ1) is 16.8. The second kappa shape index (κ2) is 12.5. The number of nitrogens with zero attached hydrogens (tertiary/aromatic N) is 3. The lowest BCUT2D eigenvalue weighted by Gasteiger charge is -2.11. The maximum absolute atomic E-state index is 12.2. The summed E-state index contributed by atoms with van der Waals surface area (Å²) >= 11 is 1.24. The highest BCUT2D eigenvalue weighted by molar-refractivity contribution is 7.99. The van der Waals surface area contributed by atoms with E-state index in [0.29, 0.717) is 27.9 Å². The summed E-state index contributed by atoms with van der Waals surface area (Å²) in [6, 6.07) is 14.5. The normalized spacial score (nSPS) is 10.7. The van der Waals surface area contributed by atoms with Crippen molar-refractivity contribution in [3.8, 4) is 11.5 Å². The highest BCUT2D eigenvalue weighted by atomic mass is 32.2. The second-order valence-electron chi connectivity index (χ2n) is 7.63. The van der Waals surface area contributed by atoms with E-state index in [1.165, 1.54) is 25.1 Å². The number of ether oxygens (including phenoxy) is 2. The van der Waals surface area contributed by atoms with E-state index >= 15 is 0 Å². The highest BCUT2D eigenvalue weighted by Gasteiger charge is 2.09. The summed E-state index contributed by atoms with van der Waals surface area (Å²) in [6.45, 7) is 5.57. The number of hydrogen-bond donors (Lipinski definition) is 2. The highest BCUT2D eigenvalue weighted by Crippen LogP contribution is 2.27. The molecule has 2 aromatic carbocycles. The second-order valence-corrected chi connectivity index (χ2v) is 8.57. The number of carbonyl (C=O) groups excluding carboxylic acids is 2. The molecule has 2 amide bonds. The van der Waals surface area contributed by atoms with Crippen LogP contribution in [-0.2, 0) is 9.59 Å². The van der Waals surface area contributed by atoms with Gasteiger partial charge >= 0.3 is 0 Å². The molecule has 10 heteroatoms. The minimum atomic E-state index is -0.284. The van der Waals surface area contributed by atoms with Crippen LogP contribution >= 0.6 is 11.8 Å². The molecule has 0 aliphatic rings. The molecular formula is C25H27N5O4S. The van der Waals surface area contributed by atoms with Crippen LogP contribution in [-0.4, -0.2) is 47.5 Å². The molecule has 3 rings (SSSR count). The molecule has 0 unspecified atom stereocenters. The van der Waals surface area contributed by atoms with Crippen LogP contribution < -0.4 is 20.2 Å². The molecular weight excluding hydrogens is 466 g/mol. The molecule has 182 valence electrons. The van der Waals surface area contributed by atoms with Crippen molar-refractivity contribution in [2.45, 2.75) is 25.9 Å². The van der Waals surface area contributed by atoms with Gasteiger partial charge in [0.2, 0.25) is 0 Å². The largest absolute Gasteiger partial charge is 0.493 e. The van der Waals surface area contributed by atoms with Crippen molar-refractivity contribution in [3.05, 3.63) is 71.0 Å². The van der Waals surface area contributed by atoms with Crippen LogP contribution in [0.1, 0.15) is 22.5 Å². The minimum absolute atomic E-state index is 0.140. The van der Waals surface area contributed by atoms with Gasteiger partial charge in [-0.05, 0) is 62.7 Å². The Morgan fingerprint density at radius 3 is 2.37 bits per heavy atom. The third-order valence-electron chi connectivity index (χ3n) is 4.58. The van der Waals surface area contributed by atoms with Gasteiger partial charge in [0, 0.05) is 17.1 Å². The number of nitrogens with one attached hydrogen (secondary N) is 2. The quantitative estimate of drug-likeness (QED) is 0.192. The number of aryl methyl sites for hydroxylation is 3. The van der Waals surface area contributed by atoms with Crippen molar-refractivity contribution in [1.29, 1.82) is 0 Å². The van der Waals surface area contributed by atoms with Crippen LogP contribution in [0.25, 0.3) is 0 Å². The van der Waals surface area contributed by atoms with Crippen molar-refractivity contribution in [2.24, 2.45) is 5.10 Å². The molecule has 3 aromatic rings. The van der Waals surface area contributed by atoms with E-state index in [9.17, 15) is 9.59 Å². The number of hydrogen-bond acceptors (Lipinski definition) is 8. The first kappa shape index (κ1) is 25.7. The van der Waals surface area contributed by atoms with Crippen molar-refractivity contribution in [1.82, 2.24) is 15.4 Å². The van der Waals surface area contributed by atoms with Crippen LogP contribution in [0, 0.1) is 20.8 Å². The van der Waals surface area contributed by atoms with Gasteiger partial charge in [0.25, 0.3) is 11.8 Å². The Morgan fingerprint density at radius 1 is 0.971 bits per heavy atom. The van der Waals surface area contributed by atoms with Crippen LogP contribution in [0.3, 0.4) is 0 Å². The number of methoxy groups -OCH3 is 1. The van der Waals surface area contributed by atoms with E-state index < -0.39 is 0 Å². The molecule has 0 aliphatic carbocycles. The lowest BCUT2D eigenvalue weighted by molar-refractivity contribution is -0.119. The Balaban J connectivity index is 1.49. The molecule has 1 heterocycles. The number of aromatic nitrogens is 2. The first-order valence-electron chi connectivity index (χ1n) is 10.8. The Kier molecular flexibility index (Phi) is 9.19. The number of thioether (sulfide) groups is 1. The molecule has 0 bridgehead atoms. The summed E-state index contributed by atoms with van der Waals surface area (Å²) in [5, 5.41) is 7.31. The third kappa shape index (κ3) is 8.42. The van der Waals surface area contributed by atoms with Gasteiger partial charge in [-0.15, -0.1) is 0 Å². The maximum Gasteiger partial charge on any atom is 0.262 e. The zero-order chi connectivity index (χ0) is 25.2. The summed E-state index contributed by atoms with van der Waals surface area (Å²) in [5.41, 5.74) is 6.68. The fraction of sp³-hybridized carbons (Fsp3) is 0.240. The van der Waals surface area contributed by atoms with Crippen molar-refractivity contribution >= 4 is 35.5 Å². The lowest BCUT2D eigenvalue weighted by Crippen LogP contribution is -2.20. The van der Waals surface area contributed by atoms with Crippen molar-refractivity contribution < 1.29 is 19.1 Å². The number of amides is 2. The standard InChI is InChI=1S/C25H27N5O4S/c1-16-5-8-20(9-6-16)29-23(31)14-34-21-10-7-19(12-22(21)33-4)13-26-30-24(32)15-35-25-27-17(2)11-18(3)28-25/h5-13H,14-15H2,1-4H3,(H,29,31)(H,30,32)/b26-13-. The summed E-state index contributed by atoms with van der Waals surface area (Å²) in [4.78, 5) is 32.8. The van der Waals surface area contributed by atoms with Gasteiger partial charge in [0.15, 0.2) is 23.3 Å². The molecule has 0 atom stereocenters. The van der Waals surface area contributed by atoms with Crippen LogP contribution in [0.15, 0.2) is 58.8 Å². The summed E-state index contributed by atoms with van der Waals surface area (Å²) < 4.78 is 11.0. The van der Waals surface area contributed by atoms with E-state index in [-0.39, 0.29) is 24.2 Å². The Labute approximate surface area is 208 Å². The third-order valence-corrected chi connectivity index (χ3v) is 5.43. The Morgan fingerprint density at radius 2 is 1.69 bits per heavy atom. The molecule has 0 aliphatic heterocycles. The van der Waals surface area contributed by atoms with Crippen LogP contribution in [0.4, 0.5) is 5.69 Å². The summed E-state index contributed by atoms with van der Waals surface area (Å²) in [7, 11) is 1.50. The molecule has 0 radical (unpaired) electrons. The van der Waals surface area contributed by atoms with Gasteiger partial charge in [-0.1, -0.05) is 29.5 Å². The van der Waals surface area contributed by atoms with Crippen LogP contribution in [0.5, 0.6) is 11.5 Å². The molecule has 9 nitrogen and oxygen atoms in total. The average Bonchev–Trinajstić information content (AvgIpc) is 2.82. The number of rotatable bonds is 10. The number of hydrazone groups is 1. The van der Waals surface area contributed by atoms with E-state index in [2.05, 4.69) is 25.8 Å². The fourth-order valence-electron chi connectivity index (χ4n) is 2.96. The van der Waals surface area contributed by atoms with Crippen molar-refractivity contribution in [3.63, 3.8) is 0 Å². The van der Waals surface area contributed by atoms with Crippen molar-refractivity contribution in [2.75, 3.05) is 24.8 Å². The van der Waals surface area contributed by atoms with Gasteiger partial charge in [-0.3, -0.25) is 9.59 Å². The van der Waals surface area contributed by atoms with Gasteiger partial charge < -0.3 is 14.8 Å².